The fraction of sp³-hybridized carbons (Fsp3) is 0.571. The molecule has 0 aliphatic rings. The van der Waals surface area contributed by atoms with E-state index in [0.29, 0.717) is 11.7 Å². The van der Waals surface area contributed by atoms with Crippen molar-refractivity contribution in [3.63, 3.8) is 0 Å². The molecular weight excluding hydrogens is 274 g/mol. The number of hydrogen-bond acceptors (Lipinski definition) is 4. The van der Waals surface area contributed by atoms with Gasteiger partial charge in [0, 0.05) is 27.2 Å². The van der Waals surface area contributed by atoms with Crippen molar-refractivity contribution in [3.8, 4) is 0 Å². The van der Waals surface area contributed by atoms with E-state index in [1.54, 1.807) is 12.1 Å². The predicted molar refractivity (Wildman–Crippen MR) is 84.5 cm³/mol. The first-order valence-corrected chi connectivity index (χ1v) is 8.24. The number of hydrogen-bond donors (Lipinski definition) is 1. The van der Waals surface area contributed by atoms with Gasteiger partial charge in [-0.05, 0) is 31.0 Å². The quantitative estimate of drug-likeness (QED) is 0.817. The summed E-state index contributed by atoms with van der Waals surface area (Å²) in [4.78, 5) is 2.34. The number of sulfonamides is 1. The fourth-order valence-corrected chi connectivity index (χ4v) is 3.20. The summed E-state index contributed by atoms with van der Waals surface area (Å²) in [6.07, 6.45) is 2.04. The summed E-state index contributed by atoms with van der Waals surface area (Å²) in [5, 5.41) is 0. The van der Waals surface area contributed by atoms with Gasteiger partial charge in [0.25, 0.3) is 0 Å². The normalized spacial score (nSPS) is 12.2. The summed E-state index contributed by atoms with van der Waals surface area (Å²) in [6, 6.07) is 5.32. The maximum atomic E-state index is 12.1. The Bertz CT molecular complexity index is 552. The van der Waals surface area contributed by atoms with Gasteiger partial charge in [-0.2, -0.15) is 0 Å². The Labute approximate surface area is 122 Å². The zero-order valence-corrected chi connectivity index (χ0v) is 13.7. The van der Waals surface area contributed by atoms with Gasteiger partial charge in [0.2, 0.25) is 10.0 Å². The van der Waals surface area contributed by atoms with Gasteiger partial charge in [0.1, 0.15) is 0 Å². The van der Waals surface area contributed by atoms with Crippen LogP contribution >= 0.6 is 0 Å². The molecule has 114 valence electrons. The molecule has 0 atom stereocenters. The zero-order chi connectivity index (χ0) is 15.5. The van der Waals surface area contributed by atoms with Crippen molar-refractivity contribution >= 4 is 21.4 Å². The molecule has 0 unspecified atom stereocenters. The van der Waals surface area contributed by atoms with Gasteiger partial charge in [-0.25, -0.2) is 12.7 Å². The van der Waals surface area contributed by atoms with E-state index in [0.717, 1.165) is 18.5 Å². The number of anilines is 2. The Balaban J connectivity index is 3.18. The molecule has 0 aromatic heterocycles. The van der Waals surface area contributed by atoms with E-state index in [4.69, 9.17) is 5.73 Å². The lowest BCUT2D eigenvalue weighted by molar-refractivity contribution is 0.520. The van der Waals surface area contributed by atoms with Crippen LogP contribution in [0.25, 0.3) is 0 Å². The average molecular weight is 299 g/mol. The number of nitrogen functional groups attached to an aromatic ring is 1. The van der Waals surface area contributed by atoms with E-state index in [1.807, 2.05) is 7.05 Å². The van der Waals surface area contributed by atoms with Crippen LogP contribution in [0.4, 0.5) is 11.4 Å². The van der Waals surface area contributed by atoms with Gasteiger partial charge in [-0.3, -0.25) is 0 Å². The van der Waals surface area contributed by atoms with Crippen LogP contribution in [0.5, 0.6) is 0 Å². The zero-order valence-electron chi connectivity index (χ0n) is 12.9. The Hall–Kier alpha value is -1.27. The summed E-state index contributed by atoms with van der Waals surface area (Å²) in [5.41, 5.74) is 7.40. The Morgan fingerprint density at radius 2 is 1.70 bits per heavy atom. The van der Waals surface area contributed by atoms with E-state index in [1.165, 1.54) is 24.5 Å². The van der Waals surface area contributed by atoms with Gasteiger partial charge < -0.3 is 10.6 Å². The third-order valence-corrected chi connectivity index (χ3v) is 5.46. The smallest absolute Gasteiger partial charge is 0.242 e. The monoisotopic (exact) mass is 299 g/mol. The minimum atomic E-state index is -3.44. The predicted octanol–water partition coefficient (Wildman–Crippen LogP) is 2.14. The van der Waals surface area contributed by atoms with Crippen LogP contribution in [0.15, 0.2) is 23.1 Å². The van der Waals surface area contributed by atoms with Crippen LogP contribution in [0.2, 0.25) is 0 Å². The summed E-state index contributed by atoms with van der Waals surface area (Å²) in [7, 11) is 1.57. The van der Waals surface area contributed by atoms with E-state index in [9.17, 15) is 8.42 Å². The highest BCUT2D eigenvalue weighted by atomic mass is 32.2. The molecule has 0 saturated carbocycles. The third kappa shape index (κ3) is 3.24. The molecule has 0 heterocycles. The number of nitrogens with two attached hydrogens (primary N) is 1. The lowest BCUT2D eigenvalue weighted by Gasteiger charge is -2.29. The van der Waals surface area contributed by atoms with Crippen molar-refractivity contribution < 1.29 is 8.42 Å². The molecule has 1 rings (SSSR count). The Morgan fingerprint density at radius 1 is 1.15 bits per heavy atom. The first-order valence-electron chi connectivity index (χ1n) is 6.80. The second-order valence-electron chi connectivity index (χ2n) is 5.09. The minimum absolute atomic E-state index is 0.224. The van der Waals surface area contributed by atoms with E-state index < -0.39 is 10.0 Å². The maximum Gasteiger partial charge on any atom is 0.242 e. The van der Waals surface area contributed by atoms with E-state index >= 15 is 0 Å². The minimum Gasteiger partial charge on any atom is -0.397 e. The SMILES string of the molecule is CCC(CC)N(C)c1ccc(S(=O)(=O)N(C)C)cc1N. The molecule has 1 aromatic rings. The highest BCUT2D eigenvalue weighted by molar-refractivity contribution is 7.89. The van der Waals surface area contributed by atoms with Gasteiger partial charge in [0.15, 0.2) is 0 Å². The van der Waals surface area contributed by atoms with Crippen molar-refractivity contribution in [2.75, 3.05) is 31.8 Å². The molecule has 0 amide bonds. The Morgan fingerprint density at radius 3 is 2.10 bits per heavy atom. The third-order valence-electron chi connectivity index (χ3n) is 3.65. The first-order chi connectivity index (χ1) is 9.25. The summed E-state index contributed by atoms with van der Waals surface area (Å²) in [6.45, 7) is 4.26. The molecule has 5 nitrogen and oxygen atoms in total. The van der Waals surface area contributed by atoms with Crippen LogP contribution in [0, 0.1) is 0 Å². The van der Waals surface area contributed by atoms with Crippen LogP contribution in [0.3, 0.4) is 0 Å². The second-order valence-corrected chi connectivity index (χ2v) is 7.24. The second kappa shape index (κ2) is 6.45. The van der Waals surface area contributed by atoms with Crippen molar-refractivity contribution in [3.05, 3.63) is 18.2 Å². The van der Waals surface area contributed by atoms with Gasteiger partial charge >= 0.3 is 0 Å². The molecule has 0 aliphatic heterocycles. The molecule has 0 fully saturated rings. The fourth-order valence-electron chi connectivity index (χ4n) is 2.26. The topological polar surface area (TPSA) is 66.6 Å². The van der Waals surface area contributed by atoms with Crippen LogP contribution < -0.4 is 10.6 Å². The molecule has 2 N–H and O–H groups in total. The maximum absolute atomic E-state index is 12.1. The molecule has 0 saturated heterocycles. The van der Waals surface area contributed by atoms with Gasteiger partial charge in [-0.15, -0.1) is 0 Å². The number of rotatable bonds is 6. The molecule has 0 aliphatic carbocycles. The molecule has 0 spiro atoms. The summed E-state index contributed by atoms with van der Waals surface area (Å²) in [5.74, 6) is 0. The molecule has 0 bridgehead atoms. The number of nitrogens with zero attached hydrogens (tertiary/aromatic N) is 2. The molecule has 1 aromatic carbocycles. The van der Waals surface area contributed by atoms with Gasteiger partial charge in [0.05, 0.1) is 16.3 Å². The highest BCUT2D eigenvalue weighted by Gasteiger charge is 2.20. The van der Waals surface area contributed by atoms with Crippen LogP contribution in [0.1, 0.15) is 26.7 Å². The summed E-state index contributed by atoms with van der Waals surface area (Å²) < 4.78 is 25.3. The summed E-state index contributed by atoms with van der Waals surface area (Å²) >= 11 is 0. The molecular formula is C14H25N3O2S. The van der Waals surface area contributed by atoms with Crippen LogP contribution in [-0.4, -0.2) is 39.9 Å². The van der Waals surface area contributed by atoms with Crippen molar-refractivity contribution in [1.29, 1.82) is 0 Å². The van der Waals surface area contributed by atoms with E-state index in [-0.39, 0.29) is 4.90 Å². The van der Waals surface area contributed by atoms with Gasteiger partial charge in [-0.1, -0.05) is 13.8 Å². The largest absolute Gasteiger partial charge is 0.397 e. The Kier molecular flexibility index (Phi) is 5.42. The highest BCUT2D eigenvalue weighted by Crippen LogP contribution is 2.28. The van der Waals surface area contributed by atoms with E-state index in [2.05, 4.69) is 18.7 Å². The van der Waals surface area contributed by atoms with Crippen LogP contribution in [-0.2, 0) is 10.0 Å². The lowest BCUT2D eigenvalue weighted by Crippen LogP contribution is -2.31. The first kappa shape index (κ1) is 16.8. The van der Waals surface area contributed by atoms with Crippen molar-refractivity contribution in [2.24, 2.45) is 0 Å². The average Bonchev–Trinajstić information content (AvgIpc) is 2.39. The standard InChI is InChI=1S/C14H25N3O2S/c1-6-11(7-2)17(5)14-9-8-12(10-13(14)15)20(18,19)16(3)4/h8-11H,6-7,15H2,1-5H3. The van der Waals surface area contributed by atoms with Crippen molar-refractivity contribution in [2.45, 2.75) is 37.6 Å². The number of benzene rings is 1. The lowest BCUT2D eigenvalue weighted by atomic mass is 10.1. The molecule has 6 heteroatoms. The molecule has 0 radical (unpaired) electrons. The molecule has 20 heavy (non-hydrogen) atoms. The van der Waals surface area contributed by atoms with Crippen molar-refractivity contribution in [1.82, 2.24) is 4.31 Å².